The van der Waals surface area contributed by atoms with Crippen LogP contribution in [0.3, 0.4) is 0 Å². The summed E-state index contributed by atoms with van der Waals surface area (Å²) in [4.78, 5) is 16.3. The van der Waals surface area contributed by atoms with Gasteiger partial charge in [0.2, 0.25) is 0 Å². The van der Waals surface area contributed by atoms with Gasteiger partial charge in [0.05, 0.1) is 12.3 Å². The lowest BCUT2D eigenvalue weighted by atomic mass is 10.1. The Labute approximate surface area is 142 Å². The number of aliphatic hydroxyl groups excluding tert-OH is 1. The molecule has 5 nitrogen and oxygen atoms in total. The molecule has 1 aromatic carbocycles. The Kier molecular flexibility index (Phi) is 6.32. The number of rotatable bonds is 7. The summed E-state index contributed by atoms with van der Waals surface area (Å²) in [5, 5.41) is 12.5. The highest BCUT2D eigenvalue weighted by Crippen LogP contribution is 2.13. The molecule has 1 atom stereocenters. The van der Waals surface area contributed by atoms with Crippen LogP contribution in [0.25, 0.3) is 0 Å². The topological polar surface area (TPSA) is 71.5 Å². The minimum atomic E-state index is -0.547. The van der Waals surface area contributed by atoms with Gasteiger partial charge in [-0.2, -0.15) is 0 Å². The zero-order valence-corrected chi connectivity index (χ0v) is 14.3. The highest BCUT2D eigenvalue weighted by molar-refractivity contribution is 5.94. The Balaban J connectivity index is 1.93. The van der Waals surface area contributed by atoms with Crippen LogP contribution in [-0.2, 0) is 6.61 Å². The van der Waals surface area contributed by atoms with Crippen molar-refractivity contribution in [1.29, 1.82) is 0 Å². The first-order valence-corrected chi connectivity index (χ1v) is 8.06. The lowest BCUT2D eigenvalue weighted by Crippen LogP contribution is -2.34. The zero-order chi connectivity index (χ0) is 17.5. The molecule has 5 heteroatoms. The molecule has 1 aromatic heterocycles. The summed E-state index contributed by atoms with van der Waals surface area (Å²) >= 11 is 0. The maximum atomic E-state index is 12.2. The van der Waals surface area contributed by atoms with Gasteiger partial charge in [0.1, 0.15) is 12.4 Å². The molecule has 0 bridgehead atoms. The molecule has 128 valence electrons. The van der Waals surface area contributed by atoms with Crippen LogP contribution in [0.1, 0.15) is 35.5 Å². The Morgan fingerprint density at radius 1 is 1.29 bits per heavy atom. The molecule has 24 heavy (non-hydrogen) atoms. The average molecular weight is 328 g/mol. The van der Waals surface area contributed by atoms with E-state index >= 15 is 0 Å². The second-order valence-corrected chi connectivity index (χ2v) is 6.15. The molecule has 0 saturated heterocycles. The highest BCUT2D eigenvalue weighted by Gasteiger charge is 2.12. The van der Waals surface area contributed by atoms with E-state index in [1.165, 1.54) is 0 Å². The molecule has 0 radical (unpaired) electrons. The Hall–Kier alpha value is -2.40. The van der Waals surface area contributed by atoms with E-state index in [9.17, 15) is 9.90 Å². The number of aryl methyl sites for hydroxylation is 1. The molecule has 1 unspecified atom stereocenters. The summed E-state index contributed by atoms with van der Waals surface area (Å²) in [5.74, 6) is 0.595. The Morgan fingerprint density at radius 2 is 2.08 bits per heavy atom. The molecule has 0 aliphatic rings. The van der Waals surface area contributed by atoms with E-state index in [2.05, 4.69) is 10.3 Å². The zero-order valence-electron chi connectivity index (χ0n) is 14.3. The van der Waals surface area contributed by atoms with E-state index < -0.39 is 6.10 Å². The molecule has 2 aromatic rings. The molecule has 0 spiro atoms. The van der Waals surface area contributed by atoms with E-state index in [1.54, 1.807) is 18.3 Å². The number of pyridine rings is 1. The summed E-state index contributed by atoms with van der Waals surface area (Å²) in [6.45, 7) is 6.35. The molecule has 0 saturated carbocycles. The van der Waals surface area contributed by atoms with Crippen molar-refractivity contribution >= 4 is 5.91 Å². The van der Waals surface area contributed by atoms with Gasteiger partial charge in [-0.1, -0.05) is 26.0 Å². The van der Waals surface area contributed by atoms with E-state index in [1.807, 2.05) is 45.0 Å². The second kappa shape index (κ2) is 8.45. The van der Waals surface area contributed by atoms with Gasteiger partial charge in [0.15, 0.2) is 0 Å². The molecule has 1 amide bonds. The number of aliphatic hydroxyl groups is 1. The third kappa shape index (κ3) is 5.35. The van der Waals surface area contributed by atoms with Crippen LogP contribution in [0.2, 0.25) is 0 Å². The van der Waals surface area contributed by atoms with E-state index in [-0.39, 0.29) is 18.4 Å². The normalized spacial score (nSPS) is 12.0. The van der Waals surface area contributed by atoms with Crippen molar-refractivity contribution in [2.24, 2.45) is 5.92 Å². The Bertz CT molecular complexity index is 669. The number of nitrogens with zero attached hydrogens (tertiary/aromatic N) is 1. The molecular weight excluding hydrogens is 304 g/mol. The predicted octanol–water partition coefficient (Wildman–Crippen LogP) is 2.72. The average Bonchev–Trinajstić information content (AvgIpc) is 2.59. The highest BCUT2D eigenvalue weighted by atomic mass is 16.5. The number of amides is 1. The van der Waals surface area contributed by atoms with Gasteiger partial charge in [-0.25, -0.2) is 0 Å². The number of hydrogen-bond acceptors (Lipinski definition) is 4. The smallest absolute Gasteiger partial charge is 0.251 e. The van der Waals surface area contributed by atoms with Gasteiger partial charge in [-0.3, -0.25) is 9.78 Å². The van der Waals surface area contributed by atoms with E-state index in [0.717, 1.165) is 11.3 Å². The summed E-state index contributed by atoms with van der Waals surface area (Å²) < 4.78 is 5.68. The number of aromatic nitrogens is 1. The molecule has 0 aliphatic carbocycles. The summed E-state index contributed by atoms with van der Waals surface area (Å²) in [7, 11) is 0. The van der Waals surface area contributed by atoms with Crippen LogP contribution in [0.15, 0.2) is 42.6 Å². The van der Waals surface area contributed by atoms with Gasteiger partial charge < -0.3 is 15.2 Å². The van der Waals surface area contributed by atoms with Crippen LogP contribution in [0.4, 0.5) is 0 Å². The minimum Gasteiger partial charge on any atom is -0.487 e. The summed E-state index contributed by atoms with van der Waals surface area (Å²) in [6, 6.07) is 11.0. The standard InChI is InChI=1S/C19H24N2O3/c1-13(2)18(22)11-21-19(23)16-6-4-5-15(9-16)12-24-17-8-7-14(3)20-10-17/h4-10,13,18,22H,11-12H2,1-3H3,(H,21,23). The van der Waals surface area contributed by atoms with Gasteiger partial charge in [0, 0.05) is 17.8 Å². The summed E-state index contributed by atoms with van der Waals surface area (Å²) in [6.07, 6.45) is 1.13. The SMILES string of the molecule is Cc1ccc(OCc2cccc(C(=O)NCC(O)C(C)C)c2)cn1. The van der Waals surface area contributed by atoms with Crippen molar-refractivity contribution < 1.29 is 14.6 Å². The number of ether oxygens (including phenoxy) is 1. The van der Waals surface area contributed by atoms with Gasteiger partial charge in [0.25, 0.3) is 5.91 Å². The number of nitrogens with one attached hydrogen (secondary N) is 1. The fourth-order valence-electron chi connectivity index (χ4n) is 2.04. The number of carbonyl (C=O) groups is 1. The fraction of sp³-hybridized carbons (Fsp3) is 0.368. The maximum Gasteiger partial charge on any atom is 0.251 e. The molecule has 2 rings (SSSR count). The molecule has 1 heterocycles. The lowest BCUT2D eigenvalue weighted by Gasteiger charge is -2.15. The molecule has 0 aliphatic heterocycles. The van der Waals surface area contributed by atoms with Crippen molar-refractivity contribution in [2.45, 2.75) is 33.5 Å². The monoisotopic (exact) mass is 328 g/mol. The van der Waals surface area contributed by atoms with Gasteiger partial charge in [-0.15, -0.1) is 0 Å². The summed E-state index contributed by atoms with van der Waals surface area (Å²) in [5.41, 5.74) is 2.38. The second-order valence-electron chi connectivity index (χ2n) is 6.15. The third-order valence-corrected chi connectivity index (χ3v) is 3.72. The van der Waals surface area contributed by atoms with Crippen LogP contribution in [0.5, 0.6) is 5.75 Å². The minimum absolute atomic E-state index is 0.105. The van der Waals surface area contributed by atoms with E-state index in [0.29, 0.717) is 17.9 Å². The largest absolute Gasteiger partial charge is 0.487 e. The molecular formula is C19H24N2O3. The lowest BCUT2D eigenvalue weighted by molar-refractivity contribution is 0.0871. The maximum absolute atomic E-state index is 12.2. The number of benzene rings is 1. The molecule has 0 fully saturated rings. The van der Waals surface area contributed by atoms with Crippen molar-refractivity contribution in [3.05, 3.63) is 59.4 Å². The van der Waals surface area contributed by atoms with E-state index in [4.69, 9.17) is 4.74 Å². The van der Waals surface area contributed by atoms with Gasteiger partial charge in [-0.05, 0) is 42.7 Å². The molecule has 2 N–H and O–H groups in total. The fourth-order valence-corrected chi connectivity index (χ4v) is 2.04. The number of hydrogen-bond donors (Lipinski definition) is 2. The first kappa shape index (κ1) is 17.9. The van der Waals surface area contributed by atoms with Crippen LogP contribution in [-0.4, -0.2) is 28.6 Å². The first-order valence-electron chi connectivity index (χ1n) is 8.06. The third-order valence-electron chi connectivity index (χ3n) is 3.72. The number of carbonyl (C=O) groups excluding carboxylic acids is 1. The van der Waals surface area contributed by atoms with Crippen molar-refractivity contribution in [3.8, 4) is 5.75 Å². The Morgan fingerprint density at radius 3 is 2.75 bits per heavy atom. The van der Waals surface area contributed by atoms with Crippen molar-refractivity contribution in [3.63, 3.8) is 0 Å². The van der Waals surface area contributed by atoms with Crippen LogP contribution >= 0.6 is 0 Å². The van der Waals surface area contributed by atoms with Crippen molar-refractivity contribution in [1.82, 2.24) is 10.3 Å². The predicted molar refractivity (Wildman–Crippen MR) is 92.9 cm³/mol. The first-order chi connectivity index (χ1) is 11.5. The van der Waals surface area contributed by atoms with Crippen LogP contribution in [0, 0.1) is 12.8 Å². The van der Waals surface area contributed by atoms with Gasteiger partial charge >= 0.3 is 0 Å². The van der Waals surface area contributed by atoms with Crippen molar-refractivity contribution in [2.75, 3.05) is 6.54 Å². The van der Waals surface area contributed by atoms with Crippen LogP contribution < -0.4 is 10.1 Å². The quantitative estimate of drug-likeness (QED) is 0.820.